The number of alkyl halides is 1. The molecule has 0 spiro atoms. The number of ether oxygens (including phenoxy) is 1. The fraction of sp³-hybridized carbons (Fsp3) is 0.923. The zero-order chi connectivity index (χ0) is 12.7. The van der Waals surface area contributed by atoms with Crippen LogP contribution in [0.25, 0.3) is 0 Å². The highest BCUT2D eigenvalue weighted by atomic mass is 79.9. The van der Waals surface area contributed by atoms with E-state index in [1.807, 2.05) is 0 Å². The van der Waals surface area contributed by atoms with Gasteiger partial charge in [0.1, 0.15) is 0 Å². The lowest BCUT2D eigenvalue weighted by Crippen LogP contribution is -2.32. The van der Waals surface area contributed by atoms with Crippen LogP contribution in [-0.4, -0.2) is 30.0 Å². The Morgan fingerprint density at radius 2 is 2.24 bits per heavy atom. The fourth-order valence-corrected chi connectivity index (χ4v) is 2.02. The smallest absolute Gasteiger partial charge is 0.220 e. The van der Waals surface area contributed by atoms with Crippen LogP contribution in [0.5, 0.6) is 0 Å². The maximum absolute atomic E-state index is 11.6. The second kappa shape index (κ2) is 8.09. The second-order valence-corrected chi connectivity index (χ2v) is 6.27. The lowest BCUT2D eigenvalue weighted by molar-refractivity contribution is -0.122. The van der Waals surface area contributed by atoms with E-state index in [9.17, 15) is 4.79 Å². The zero-order valence-electron chi connectivity index (χ0n) is 10.9. The van der Waals surface area contributed by atoms with Crippen LogP contribution < -0.4 is 5.32 Å². The lowest BCUT2D eigenvalue weighted by atomic mass is 10.0. The fourth-order valence-electron chi connectivity index (χ4n) is 1.86. The van der Waals surface area contributed by atoms with Crippen molar-refractivity contribution >= 4 is 21.8 Å². The van der Waals surface area contributed by atoms with E-state index >= 15 is 0 Å². The largest absolute Gasteiger partial charge is 0.378 e. The molecule has 0 aromatic rings. The van der Waals surface area contributed by atoms with Crippen LogP contribution in [-0.2, 0) is 9.53 Å². The van der Waals surface area contributed by atoms with Crippen molar-refractivity contribution < 1.29 is 9.53 Å². The van der Waals surface area contributed by atoms with Crippen molar-refractivity contribution in [1.82, 2.24) is 5.32 Å². The van der Waals surface area contributed by atoms with E-state index in [0.717, 1.165) is 19.4 Å². The molecule has 2 unspecified atom stereocenters. The molecule has 1 amide bonds. The van der Waals surface area contributed by atoms with Crippen molar-refractivity contribution in [1.29, 1.82) is 0 Å². The molecule has 1 aliphatic rings. The lowest BCUT2D eigenvalue weighted by Gasteiger charge is -2.22. The first-order valence-electron chi connectivity index (χ1n) is 6.62. The molecule has 1 rings (SSSR count). The van der Waals surface area contributed by atoms with E-state index < -0.39 is 0 Å². The summed E-state index contributed by atoms with van der Waals surface area (Å²) in [5, 5.41) is 2.96. The van der Waals surface area contributed by atoms with E-state index in [1.54, 1.807) is 0 Å². The Morgan fingerprint density at radius 1 is 1.47 bits per heavy atom. The molecule has 0 radical (unpaired) electrons. The molecule has 1 N–H and O–H groups in total. The predicted octanol–water partition coefficient (Wildman–Crippen LogP) is 2.87. The number of carbonyl (C=O) groups excluding carboxylic acids is 1. The molecule has 3 nitrogen and oxygen atoms in total. The third-order valence-corrected chi connectivity index (χ3v) is 4.57. The maximum atomic E-state index is 11.6. The normalized spacial score (nSPS) is 22.5. The summed E-state index contributed by atoms with van der Waals surface area (Å²) in [6, 6.07) is 0. The molecule has 1 heterocycles. The van der Waals surface area contributed by atoms with Gasteiger partial charge >= 0.3 is 0 Å². The van der Waals surface area contributed by atoms with Gasteiger partial charge < -0.3 is 10.1 Å². The van der Waals surface area contributed by atoms with Gasteiger partial charge in [-0.15, -0.1) is 0 Å². The summed E-state index contributed by atoms with van der Waals surface area (Å²) in [5.41, 5.74) is 0. The summed E-state index contributed by atoms with van der Waals surface area (Å²) in [4.78, 5) is 12.0. The van der Waals surface area contributed by atoms with Crippen LogP contribution >= 0.6 is 15.9 Å². The van der Waals surface area contributed by atoms with Crippen LogP contribution in [0.2, 0.25) is 0 Å². The standard InChI is InChI=1S/C13H24BrNO2/c1-10(2)12(14)9-15-13(16)7-6-11-5-3-4-8-17-11/h10-12H,3-9H2,1-2H3,(H,15,16). The van der Waals surface area contributed by atoms with E-state index in [1.165, 1.54) is 12.8 Å². The first-order valence-corrected chi connectivity index (χ1v) is 7.53. The Balaban J connectivity index is 2.08. The van der Waals surface area contributed by atoms with Gasteiger partial charge in [-0.2, -0.15) is 0 Å². The number of nitrogens with one attached hydrogen (secondary N) is 1. The third kappa shape index (κ3) is 6.41. The molecule has 0 aromatic carbocycles. The number of rotatable bonds is 6. The minimum absolute atomic E-state index is 0.143. The Hall–Kier alpha value is -0.0900. The molecule has 2 atom stereocenters. The zero-order valence-corrected chi connectivity index (χ0v) is 12.5. The van der Waals surface area contributed by atoms with Gasteiger partial charge in [-0.05, 0) is 31.6 Å². The molecule has 0 aromatic heterocycles. The molecule has 100 valence electrons. The summed E-state index contributed by atoms with van der Waals surface area (Å²) < 4.78 is 5.60. The molecule has 0 saturated carbocycles. The molecule has 4 heteroatoms. The Bertz CT molecular complexity index is 227. The average molecular weight is 306 g/mol. The molecular weight excluding hydrogens is 282 g/mol. The van der Waals surface area contributed by atoms with Crippen LogP contribution in [0.1, 0.15) is 46.0 Å². The van der Waals surface area contributed by atoms with Crippen molar-refractivity contribution in [2.45, 2.75) is 56.9 Å². The summed E-state index contributed by atoms with van der Waals surface area (Å²) in [5.74, 6) is 0.682. The summed E-state index contributed by atoms with van der Waals surface area (Å²) in [7, 11) is 0. The Morgan fingerprint density at radius 3 is 2.82 bits per heavy atom. The van der Waals surface area contributed by atoms with Crippen molar-refractivity contribution in [3.8, 4) is 0 Å². The quantitative estimate of drug-likeness (QED) is 0.766. The van der Waals surface area contributed by atoms with E-state index in [0.29, 0.717) is 29.8 Å². The SMILES string of the molecule is CC(C)C(Br)CNC(=O)CCC1CCCCO1. The van der Waals surface area contributed by atoms with E-state index in [-0.39, 0.29) is 5.91 Å². The van der Waals surface area contributed by atoms with Crippen LogP contribution in [0.15, 0.2) is 0 Å². The molecule has 1 aliphatic heterocycles. The van der Waals surface area contributed by atoms with Crippen LogP contribution in [0, 0.1) is 5.92 Å². The van der Waals surface area contributed by atoms with Gasteiger partial charge in [0.05, 0.1) is 6.10 Å². The number of hydrogen-bond acceptors (Lipinski definition) is 2. The van der Waals surface area contributed by atoms with E-state index in [2.05, 4.69) is 35.1 Å². The van der Waals surface area contributed by atoms with E-state index in [4.69, 9.17) is 4.74 Å². The number of hydrogen-bond donors (Lipinski definition) is 1. The number of amides is 1. The monoisotopic (exact) mass is 305 g/mol. The summed E-state index contributed by atoms with van der Waals surface area (Å²) in [6.07, 6.45) is 5.27. The second-order valence-electron chi connectivity index (χ2n) is 5.09. The summed E-state index contributed by atoms with van der Waals surface area (Å²) in [6.45, 7) is 5.86. The van der Waals surface area contributed by atoms with Crippen molar-refractivity contribution in [2.24, 2.45) is 5.92 Å². The van der Waals surface area contributed by atoms with Crippen molar-refractivity contribution in [3.05, 3.63) is 0 Å². The van der Waals surface area contributed by atoms with Crippen molar-refractivity contribution in [2.75, 3.05) is 13.2 Å². The third-order valence-electron chi connectivity index (χ3n) is 3.18. The first-order chi connectivity index (χ1) is 8.09. The van der Waals surface area contributed by atoms with Gasteiger partial charge in [-0.25, -0.2) is 0 Å². The van der Waals surface area contributed by atoms with Gasteiger partial charge in [0.2, 0.25) is 5.91 Å². The number of halogens is 1. The summed E-state index contributed by atoms with van der Waals surface area (Å²) >= 11 is 3.56. The molecule has 17 heavy (non-hydrogen) atoms. The highest BCUT2D eigenvalue weighted by Gasteiger charge is 2.16. The highest BCUT2D eigenvalue weighted by molar-refractivity contribution is 9.09. The van der Waals surface area contributed by atoms with Gasteiger partial charge in [0.25, 0.3) is 0 Å². The number of carbonyl (C=O) groups is 1. The molecule has 1 saturated heterocycles. The minimum Gasteiger partial charge on any atom is -0.378 e. The van der Waals surface area contributed by atoms with Gasteiger partial charge in [-0.1, -0.05) is 29.8 Å². The van der Waals surface area contributed by atoms with Gasteiger partial charge in [-0.3, -0.25) is 4.79 Å². The minimum atomic E-state index is 0.143. The molecule has 1 fully saturated rings. The maximum Gasteiger partial charge on any atom is 0.220 e. The Kier molecular flexibility index (Phi) is 7.12. The van der Waals surface area contributed by atoms with Gasteiger partial charge in [0.15, 0.2) is 0 Å². The predicted molar refractivity (Wildman–Crippen MR) is 73.4 cm³/mol. The van der Waals surface area contributed by atoms with Gasteiger partial charge in [0, 0.05) is 24.4 Å². The molecular formula is C13H24BrNO2. The van der Waals surface area contributed by atoms with Crippen molar-refractivity contribution in [3.63, 3.8) is 0 Å². The van der Waals surface area contributed by atoms with Crippen LogP contribution in [0.4, 0.5) is 0 Å². The van der Waals surface area contributed by atoms with Crippen LogP contribution in [0.3, 0.4) is 0 Å². The Labute approximate surface area is 113 Å². The molecule has 0 bridgehead atoms. The topological polar surface area (TPSA) is 38.3 Å². The first kappa shape index (κ1) is 15.0. The average Bonchev–Trinajstić information content (AvgIpc) is 2.34. The molecule has 0 aliphatic carbocycles. The highest BCUT2D eigenvalue weighted by Crippen LogP contribution is 2.17.